The van der Waals surface area contributed by atoms with Gasteiger partial charge in [-0.2, -0.15) is 0 Å². The van der Waals surface area contributed by atoms with Crippen molar-refractivity contribution in [1.29, 1.82) is 0 Å². The molecule has 0 saturated heterocycles. The summed E-state index contributed by atoms with van der Waals surface area (Å²) in [6.07, 6.45) is 0. The summed E-state index contributed by atoms with van der Waals surface area (Å²) >= 11 is 0. The summed E-state index contributed by atoms with van der Waals surface area (Å²) in [5.41, 5.74) is 3.82. The van der Waals surface area contributed by atoms with E-state index in [0.29, 0.717) is 0 Å². The van der Waals surface area contributed by atoms with Gasteiger partial charge in [0, 0.05) is 0 Å². The van der Waals surface area contributed by atoms with E-state index in [1.807, 2.05) is 20.8 Å². The maximum atomic E-state index is 10.2. The number of hydrogen-bond acceptors (Lipinski definition) is 6. The van der Waals surface area contributed by atoms with Gasteiger partial charge < -0.3 is 29.7 Å². The summed E-state index contributed by atoms with van der Waals surface area (Å²) < 4.78 is 0. The Morgan fingerprint density at radius 2 is 0.613 bits per heavy atom. The second-order valence-electron chi connectivity index (χ2n) is 6.46. The first-order valence-electron chi connectivity index (χ1n) is 8.94. The predicted molar refractivity (Wildman–Crippen MR) is 112 cm³/mol. The summed E-state index contributed by atoms with van der Waals surface area (Å²) in [7, 11) is 0. The maximum Gasteiger partial charge on any atom is 3.00 e. The molecule has 158 valence electrons. The molecular weight excluding hydrogens is 593 g/mol. The number of aryl methyl sites for hydroxylation is 3. The van der Waals surface area contributed by atoms with Gasteiger partial charge in [0.15, 0.2) is 0 Å². The molecule has 0 heterocycles. The minimum Gasteiger partial charge on any atom is -0.545 e. The van der Waals surface area contributed by atoms with Crippen LogP contribution in [-0.4, -0.2) is 44.1 Å². The molecule has 0 aliphatic carbocycles. The predicted octanol–water partition coefficient (Wildman–Crippen LogP) is 0.695. The van der Waals surface area contributed by atoms with Crippen molar-refractivity contribution in [3.8, 4) is 0 Å². The number of carboxylic acids is 3. The number of rotatable bonds is 3. The van der Waals surface area contributed by atoms with Gasteiger partial charge in [-0.3, -0.25) is 0 Å². The fraction of sp³-hybridized carbons (Fsp3) is 0.125. The number of benzene rings is 3. The standard InChI is InChI=1S/3C8H8O2.Bi/c3*1-6-2-4-7(5-3-6)8(9)10;/h3*2-5H,1H3,(H,9,10);/q;;;+3/p-3. The summed E-state index contributed by atoms with van der Waals surface area (Å²) in [5.74, 6) is -3.37. The zero-order chi connectivity index (χ0) is 22.7. The zero-order valence-corrected chi connectivity index (χ0v) is 20.8. The van der Waals surface area contributed by atoms with Crippen molar-refractivity contribution in [1.82, 2.24) is 0 Å². The summed E-state index contributed by atoms with van der Waals surface area (Å²) in [6, 6.07) is 19.6. The second-order valence-corrected chi connectivity index (χ2v) is 6.46. The van der Waals surface area contributed by atoms with Crippen LogP contribution in [0.15, 0.2) is 72.8 Å². The minimum atomic E-state index is -1.12. The summed E-state index contributed by atoms with van der Waals surface area (Å²) in [5, 5.41) is 30.6. The van der Waals surface area contributed by atoms with E-state index in [2.05, 4.69) is 0 Å². The normalized spacial score (nSPS) is 9.00. The molecule has 0 unspecified atom stereocenters. The van der Waals surface area contributed by atoms with Crippen LogP contribution in [0.4, 0.5) is 0 Å². The second kappa shape index (κ2) is 14.0. The fourth-order valence-corrected chi connectivity index (χ4v) is 2.07. The van der Waals surface area contributed by atoms with Crippen LogP contribution >= 0.6 is 0 Å². The molecule has 0 N–H and O–H groups in total. The number of carbonyl (C=O) groups is 3. The van der Waals surface area contributed by atoms with Crippen molar-refractivity contribution >= 4 is 44.1 Å². The van der Waals surface area contributed by atoms with E-state index in [1.54, 1.807) is 36.4 Å². The molecule has 2 radical (unpaired) electrons. The molecule has 3 rings (SSSR count). The van der Waals surface area contributed by atoms with Gasteiger partial charge >= 0.3 is 26.2 Å². The van der Waals surface area contributed by atoms with Crippen molar-refractivity contribution in [2.75, 3.05) is 0 Å². The summed E-state index contributed by atoms with van der Waals surface area (Å²) in [4.78, 5) is 30.6. The molecule has 6 nitrogen and oxygen atoms in total. The van der Waals surface area contributed by atoms with Gasteiger partial charge in [0.05, 0.1) is 17.9 Å². The van der Waals surface area contributed by atoms with E-state index in [0.717, 1.165) is 16.7 Å². The zero-order valence-electron chi connectivity index (χ0n) is 17.3. The molecule has 7 heteroatoms. The first kappa shape index (κ1) is 28.0. The largest absolute Gasteiger partial charge is 3.00 e. The van der Waals surface area contributed by atoms with Gasteiger partial charge in [-0.1, -0.05) is 89.5 Å². The first-order valence-corrected chi connectivity index (χ1v) is 8.94. The van der Waals surface area contributed by atoms with Crippen LogP contribution in [0.1, 0.15) is 47.8 Å². The van der Waals surface area contributed by atoms with Gasteiger partial charge in [0.2, 0.25) is 0 Å². The Bertz CT molecular complexity index is 846. The molecular formula is C24H21BiO6. The fourth-order valence-electron chi connectivity index (χ4n) is 2.07. The SMILES string of the molecule is Cc1ccc(C(=O)[O-])cc1.Cc1ccc(C(=O)[O-])cc1.Cc1ccc(C(=O)[O-])cc1.[Bi+3]. The number of carbonyl (C=O) groups excluding carboxylic acids is 3. The van der Waals surface area contributed by atoms with Gasteiger partial charge in [-0.05, 0) is 37.5 Å². The average Bonchev–Trinajstić information content (AvgIpc) is 2.70. The Kier molecular flexibility index (Phi) is 12.7. The molecule has 0 atom stereocenters. The molecule has 0 bridgehead atoms. The third-order valence-electron chi connectivity index (χ3n) is 3.86. The van der Waals surface area contributed by atoms with E-state index in [9.17, 15) is 29.7 Å². The van der Waals surface area contributed by atoms with E-state index >= 15 is 0 Å². The topological polar surface area (TPSA) is 120 Å². The Hall–Kier alpha value is -3.05. The number of hydrogen-bond donors (Lipinski definition) is 0. The van der Waals surface area contributed by atoms with Crippen molar-refractivity contribution in [3.05, 3.63) is 106 Å². The average molecular weight is 614 g/mol. The van der Waals surface area contributed by atoms with Gasteiger partial charge in [-0.15, -0.1) is 0 Å². The molecule has 31 heavy (non-hydrogen) atoms. The molecule has 0 amide bonds. The smallest absolute Gasteiger partial charge is 0.545 e. The van der Waals surface area contributed by atoms with Crippen LogP contribution in [0.25, 0.3) is 0 Å². The third-order valence-corrected chi connectivity index (χ3v) is 3.86. The van der Waals surface area contributed by atoms with Crippen molar-refractivity contribution < 1.29 is 29.7 Å². The first-order chi connectivity index (χ1) is 14.1. The van der Waals surface area contributed by atoms with Crippen molar-refractivity contribution in [3.63, 3.8) is 0 Å². The van der Waals surface area contributed by atoms with Crippen LogP contribution in [0.3, 0.4) is 0 Å². The summed E-state index contributed by atoms with van der Waals surface area (Å²) in [6.45, 7) is 5.71. The van der Waals surface area contributed by atoms with E-state index in [-0.39, 0.29) is 42.9 Å². The molecule has 3 aromatic carbocycles. The van der Waals surface area contributed by atoms with E-state index < -0.39 is 17.9 Å². The molecule has 0 saturated carbocycles. The van der Waals surface area contributed by atoms with E-state index in [4.69, 9.17) is 0 Å². The van der Waals surface area contributed by atoms with Crippen molar-refractivity contribution in [2.24, 2.45) is 0 Å². The van der Waals surface area contributed by atoms with E-state index in [1.165, 1.54) is 36.4 Å². The van der Waals surface area contributed by atoms with Gasteiger partial charge in [0.25, 0.3) is 0 Å². The number of aromatic carboxylic acids is 3. The van der Waals surface area contributed by atoms with Crippen LogP contribution in [-0.2, 0) is 0 Å². The Balaban J connectivity index is 0.000000429. The third kappa shape index (κ3) is 11.1. The van der Waals surface area contributed by atoms with Crippen molar-refractivity contribution in [2.45, 2.75) is 20.8 Å². The van der Waals surface area contributed by atoms with Crippen LogP contribution in [0.2, 0.25) is 0 Å². The molecule has 0 spiro atoms. The van der Waals surface area contributed by atoms with Gasteiger partial charge in [0.1, 0.15) is 0 Å². The molecule has 0 fully saturated rings. The molecule has 0 aromatic heterocycles. The van der Waals surface area contributed by atoms with Crippen LogP contribution < -0.4 is 15.3 Å². The Labute approximate surface area is 200 Å². The Morgan fingerprint density at radius 3 is 0.742 bits per heavy atom. The van der Waals surface area contributed by atoms with Crippen LogP contribution in [0.5, 0.6) is 0 Å². The number of carboxylic acid groups (broad SMARTS) is 3. The molecule has 0 aliphatic rings. The van der Waals surface area contributed by atoms with Gasteiger partial charge in [-0.25, -0.2) is 0 Å². The Morgan fingerprint density at radius 1 is 0.452 bits per heavy atom. The molecule has 3 aromatic rings. The quantitative estimate of drug-likeness (QED) is 0.401. The molecule has 0 aliphatic heterocycles. The maximum absolute atomic E-state index is 10.2. The monoisotopic (exact) mass is 614 g/mol. The van der Waals surface area contributed by atoms with Crippen LogP contribution in [0, 0.1) is 20.8 Å². The minimum absolute atomic E-state index is 0.